The van der Waals surface area contributed by atoms with E-state index in [4.69, 9.17) is 10.5 Å². The van der Waals surface area contributed by atoms with Gasteiger partial charge >= 0.3 is 11.6 Å². The van der Waals surface area contributed by atoms with Crippen molar-refractivity contribution in [3.05, 3.63) is 58.4 Å². The molecule has 0 aliphatic carbocycles. The fraction of sp³-hybridized carbons (Fsp3) is 0.500. The molecule has 0 bridgehead atoms. The third-order valence-electron chi connectivity index (χ3n) is 5.77. The van der Waals surface area contributed by atoms with Crippen LogP contribution in [0.4, 0.5) is 19.0 Å². The molecule has 1 unspecified atom stereocenters. The smallest absolute Gasteiger partial charge is 0.351 e. The summed E-state index contributed by atoms with van der Waals surface area (Å²) in [5, 5.41) is 10.3. The second-order valence-electron chi connectivity index (χ2n) is 7.75. The van der Waals surface area contributed by atoms with Crippen molar-refractivity contribution in [3.63, 3.8) is 0 Å². The normalized spacial score (nSPS) is 29.2. The molecular weight excluding hydrogens is 401 g/mol. The number of nitrogens with zero attached hydrogens (tertiary/aromatic N) is 3. The van der Waals surface area contributed by atoms with E-state index >= 15 is 0 Å². The molecule has 2 saturated heterocycles. The zero-order valence-corrected chi connectivity index (χ0v) is 16.1. The van der Waals surface area contributed by atoms with Gasteiger partial charge in [-0.3, -0.25) is 9.47 Å². The van der Waals surface area contributed by atoms with Gasteiger partial charge in [0.1, 0.15) is 23.8 Å². The highest BCUT2D eigenvalue weighted by Gasteiger charge is 2.60. The van der Waals surface area contributed by atoms with Crippen LogP contribution >= 0.6 is 0 Å². The molecular formula is C20H23F3N4O3. The van der Waals surface area contributed by atoms with Crippen molar-refractivity contribution in [2.45, 2.75) is 49.7 Å². The van der Waals surface area contributed by atoms with Crippen LogP contribution in [0.1, 0.15) is 37.1 Å². The minimum atomic E-state index is -3.69. The fourth-order valence-electron chi connectivity index (χ4n) is 4.23. The van der Waals surface area contributed by atoms with Gasteiger partial charge in [-0.15, -0.1) is 0 Å². The molecule has 2 aromatic rings. The van der Waals surface area contributed by atoms with Gasteiger partial charge in [0.15, 0.2) is 0 Å². The Morgan fingerprint density at radius 3 is 2.67 bits per heavy atom. The topological polar surface area (TPSA) is 93.6 Å². The molecule has 4 rings (SSSR count). The number of piperidine rings is 1. The number of rotatable bonds is 4. The van der Waals surface area contributed by atoms with E-state index < -0.39 is 30.0 Å². The summed E-state index contributed by atoms with van der Waals surface area (Å²) in [6.45, 7) is 0.681. The third-order valence-corrected chi connectivity index (χ3v) is 5.77. The third kappa shape index (κ3) is 3.82. The molecule has 2 aliphatic heterocycles. The van der Waals surface area contributed by atoms with Gasteiger partial charge in [0.2, 0.25) is 6.23 Å². The number of aliphatic hydroxyl groups excluding tert-OH is 1. The van der Waals surface area contributed by atoms with Crippen LogP contribution < -0.4 is 11.4 Å². The number of nitrogens with two attached hydrogens (primary N) is 1. The molecule has 30 heavy (non-hydrogen) atoms. The Kier molecular flexibility index (Phi) is 5.56. The lowest BCUT2D eigenvalue weighted by Crippen LogP contribution is -2.45. The van der Waals surface area contributed by atoms with E-state index in [1.807, 2.05) is 4.90 Å². The summed E-state index contributed by atoms with van der Waals surface area (Å²) in [6.07, 6.45) is -1.58. The summed E-state index contributed by atoms with van der Waals surface area (Å²) in [5.74, 6) is -4.13. The van der Waals surface area contributed by atoms with Crippen LogP contribution in [-0.4, -0.2) is 50.8 Å². The predicted octanol–water partition coefficient (Wildman–Crippen LogP) is 2.09. The average Bonchev–Trinajstić information content (AvgIpc) is 2.93. The number of hydrogen-bond acceptors (Lipinski definition) is 6. The molecule has 2 aliphatic rings. The van der Waals surface area contributed by atoms with Gasteiger partial charge in [0.05, 0.1) is 0 Å². The Morgan fingerprint density at radius 2 is 1.97 bits per heavy atom. The number of hydrogen-bond donors (Lipinski definition) is 2. The van der Waals surface area contributed by atoms with Crippen molar-refractivity contribution >= 4 is 5.82 Å². The number of ether oxygens (including phenoxy) is 1. The number of likely N-dealkylation sites (tertiary alicyclic amines) is 1. The largest absolute Gasteiger partial charge is 0.384 e. The number of nitrogen functional groups attached to an aromatic ring is 1. The number of anilines is 1. The van der Waals surface area contributed by atoms with E-state index in [-0.39, 0.29) is 24.2 Å². The van der Waals surface area contributed by atoms with Crippen molar-refractivity contribution in [2.24, 2.45) is 0 Å². The maximum atomic E-state index is 14.8. The monoisotopic (exact) mass is 424 g/mol. The second kappa shape index (κ2) is 8.01. The number of halogens is 3. The fourth-order valence-corrected chi connectivity index (χ4v) is 4.23. The molecule has 1 aromatic heterocycles. The lowest BCUT2D eigenvalue weighted by Gasteiger charge is -2.37. The quantitative estimate of drug-likeness (QED) is 0.781. The first-order valence-corrected chi connectivity index (χ1v) is 9.83. The number of benzene rings is 1. The maximum Gasteiger partial charge on any atom is 0.351 e. The summed E-state index contributed by atoms with van der Waals surface area (Å²) in [7, 11) is 0. The van der Waals surface area contributed by atoms with Crippen molar-refractivity contribution in [1.29, 1.82) is 0 Å². The minimum Gasteiger partial charge on any atom is -0.384 e. The Hall–Kier alpha value is -2.43. The van der Waals surface area contributed by atoms with Crippen LogP contribution in [0.5, 0.6) is 0 Å². The number of alkyl halides is 2. The van der Waals surface area contributed by atoms with Gasteiger partial charge < -0.3 is 15.6 Å². The Balaban J connectivity index is 1.56. The first kappa shape index (κ1) is 20.8. The molecule has 2 fully saturated rings. The summed E-state index contributed by atoms with van der Waals surface area (Å²) >= 11 is 0. The highest BCUT2D eigenvalue weighted by molar-refractivity contribution is 5.24. The molecule has 10 heteroatoms. The molecule has 3 N–H and O–H groups in total. The summed E-state index contributed by atoms with van der Waals surface area (Å²) < 4.78 is 49.0. The highest BCUT2D eigenvalue weighted by atomic mass is 19.3. The van der Waals surface area contributed by atoms with Crippen LogP contribution in [-0.2, 0) is 4.74 Å². The summed E-state index contributed by atoms with van der Waals surface area (Å²) in [6, 6.07) is 7.23. The Labute approximate surface area is 170 Å². The lowest BCUT2D eigenvalue weighted by molar-refractivity contribution is -0.140. The van der Waals surface area contributed by atoms with E-state index in [1.54, 1.807) is 12.1 Å². The van der Waals surface area contributed by atoms with Crippen molar-refractivity contribution in [3.8, 4) is 0 Å². The second-order valence-corrected chi connectivity index (χ2v) is 7.75. The minimum absolute atomic E-state index is 0.0481. The molecule has 0 spiro atoms. The van der Waals surface area contributed by atoms with Crippen LogP contribution in [0.2, 0.25) is 0 Å². The van der Waals surface area contributed by atoms with Crippen LogP contribution in [0.15, 0.2) is 41.3 Å². The van der Waals surface area contributed by atoms with Gasteiger partial charge in [-0.25, -0.2) is 9.18 Å². The molecule has 4 atom stereocenters. The molecule has 162 valence electrons. The molecule has 7 nitrogen and oxygen atoms in total. The first-order chi connectivity index (χ1) is 14.3. The van der Waals surface area contributed by atoms with Gasteiger partial charge in [-0.05, 0) is 43.1 Å². The Morgan fingerprint density at radius 1 is 1.23 bits per heavy atom. The highest BCUT2D eigenvalue weighted by Crippen LogP contribution is 2.43. The van der Waals surface area contributed by atoms with E-state index in [0.29, 0.717) is 11.1 Å². The molecule has 0 saturated carbocycles. The molecule has 0 radical (unpaired) electrons. The van der Waals surface area contributed by atoms with E-state index in [1.165, 1.54) is 18.2 Å². The lowest BCUT2D eigenvalue weighted by atomic mass is 9.94. The summed E-state index contributed by atoms with van der Waals surface area (Å²) in [4.78, 5) is 17.4. The maximum absolute atomic E-state index is 14.8. The Bertz CT molecular complexity index is 953. The molecule has 1 aromatic carbocycles. The standard InChI is InChI=1S/C20H23F3N4O3/c21-13-6-4-12(5-7-13)14-3-1-2-9-26(14)11-15-17(28)20(22,23)18(30-15)27-10-8-16(24)25-19(27)29/h4-8,10,14-15,17-18,28H,1-3,9,11H2,(H2,24,25,29)/t14?,15-,17-,18-/m1/s1. The van der Waals surface area contributed by atoms with E-state index in [0.717, 1.165) is 31.0 Å². The van der Waals surface area contributed by atoms with Gasteiger partial charge in [-0.1, -0.05) is 18.6 Å². The van der Waals surface area contributed by atoms with Crippen LogP contribution in [0, 0.1) is 5.82 Å². The van der Waals surface area contributed by atoms with Crippen molar-refractivity contribution in [1.82, 2.24) is 14.5 Å². The summed E-state index contributed by atoms with van der Waals surface area (Å²) in [5.41, 5.74) is 5.32. The van der Waals surface area contributed by atoms with Crippen LogP contribution in [0.3, 0.4) is 0 Å². The van der Waals surface area contributed by atoms with Crippen LogP contribution in [0.25, 0.3) is 0 Å². The predicted molar refractivity (Wildman–Crippen MR) is 102 cm³/mol. The van der Waals surface area contributed by atoms with E-state index in [2.05, 4.69) is 4.98 Å². The zero-order chi connectivity index (χ0) is 21.5. The van der Waals surface area contributed by atoms with Gasteiger partial charge in [0.25, 0.3) is 0 Å². The van der Waals surface area contributed by atoms with E-state index in [9.17, 15) is 23.1 Å². The first-order valence-electron chi connectivity index (χ1n) is 9.83. The SMILES string of the molecule is Nc1ccn([C@@H]2O[C@H](CN3CCCCC3c3ccc(F)cc3)[C@@H](O)C2(F)F)c(=O)n1. The number of aromatic nitrogens is 2. The van der Waals surface area contributed by atoms with Gasteiger partial charge in [-0.2, -0.15) is 13.8 Å². The molecule has 0 amide bonds. The number of aliphatic hydroxyl groups is 1. The zero-order valence-electron chi connectivity index (χ0n) is 16.1. The van der Waals surface area contributed by atoms with Crippen molar-refractivity contribution < 1.29 is 23.0 Å². The van der Waals surface area contributed by atoms with Gasteiger partial charge in [0, 0.05) is 18.8 Å². The average molecular weight is 424 g/mol. The van der Waals surface area contributed by atoms with Crippen molar-refractivity contribution in [2.75, 3.05) is 18.8 Å². The molecule has 3 heterocycles.